The molecule has 150 valence electrons. The molecule has 1 fully saturated rings. The molecule has 0 bridgehead atoms. The van der Waals surface area contributed by atoms with E-state index in [-0.39, 0.29) is 12.0 Å². The Bertz CT molecular complexity index is 782. The number of nitrogens with one attached hydrogen (secondary N) is 2. The molecule has 0 spiro atoms. The fourth-order valence-corrected chi connectivity index (χ4v) is 4.36. The molecule has 2 atom stereocenters. The molecule has 0 aromatic heterocycles. The SMILES string of the molecule is CS(=O)(=O)NC1CCCCC1CN=C(N)Nc1ccc2c(c1)OCCCO2. The number of rotatable bonds is 5. The highest BCUT2D eigenvalue weighted by Crippen LogP contribution is 2.32. The van der Waals surface area contributed by atoms with Gasteiger partial charge in [0.2, 0.25) is 10.0 Å². The zero-order valence-electron chi connectivity index (χ0n) is 15.6. The Hall–Kier alpha value is -2.00. The molecule has 1 aromatic carbocycles. The fourth-order valence-electron chi connectivity index (χ4n) is 3.50. The Labute approximate surface area is 160 Å². The number of hydrogen-bond acceptors (Lipinski definition) is 5. The first-order valence-corrected chi connectivity index (χ1v) is 11.2. The van der Waals surface area contributed by atoms with Crippen LogP contribution >= 0.6 is 0 Å². The van der Waals surface area contributed by atoms with Crippen LogP contribution in [0, 0.1) is 5.92 Å². The molecular weight excluding hydrogens is 368 g/mol. The fraction of sp³-hybridized carbons (Fsp3) is 0.611. The van der Waals surface area contributed by atoms with E-state index in [2.05, 4.69) is 15.0 Å². The minimum Gasteiger partial charge on any atom is -0.490 e. The number of fused-ring (bicyclic) bond motifs is 1. The van der Waals surface area contributed by atoms with Gasteiger partial charge in [0.25, 0.3) is 0 Å². The molecule has 4 N–H and O–H groups in total. The standard InChI is InChI=1S/C18H28N4O4S/c1-27(23,24)22-15-6-3-2-5-13(15)12-20-18(19)21-14-7-8-16-17(11-14)26-10-4-9-25-16/h7-8,11,13,15,22H,2-6,9-10,12H2,1H3,(H3,19,20,21). The molecule has 2 unspecified atom stereocenters. The highest BCUT2D eigenvalue weighted by Gasteiger charge is 2.27. The summed E-state index contributed by atoms with van der Waals surface area (Å²) >= 11 is 0. The van der Waals surface area contributed by atoms with Crippen molar-refractivity contribution in [1.29, 1.82) is 0 Å². The summed E-state index contributed by atoms with van der Waals surface area (Å²) in [5.74, 6) is 1.87. The van der Waals surface area contributed by atoms with Gasteiger partial charge in [0.05, 0.1) is 19.5 Å². The Morgan fingerprint density at radius 1 is 1.19 bits per heavy atom. The monoisotopic (exact) mass is 396 g/mol. The lowest BCUT2D eigenvalue weighted by atomic mass is 9.85. The van der Waals surface area contributed by atoms with Crippen molar-refractivity contribution >= 4 is 21.7 Å². The van der Waals surface area contributed by atoms with Crippen LogP contribution in [0.5, 0.6) is 11.5 Å². The Morgan fingerprint density at radius 3 is 2.70 bits per heavy atom. The number of anilines is 1. The van der Waals surface area contributed by atoms with Crippen LogP contribution in [0.2, 0.25) is 0 Å². The lowest BCUT2D eigenvalue weighted by Crippen LogP contribution is -2.43. The van der Waals surface area contributed by atoms with Gasteiger partial charge in [0.15, 0.2) is 17.5 Å². The molecule has 9 heteroatoms. The minimum absolute atomic E-state index is 0.0802. The lowest BCUT2D eigenvalue weighted by molar-refractivity contribution is 0.297. The smallest absolute Gasteiger partial charge is 0.208 e. The highest BCUT2D eigenvalue weighted by molar-refractivity contribution is 7.88. The van der Waals surface area contributed by atoms with Crippen LogP contribution in [0.25, 0.3) is 0 Å². The third-order valence-corrected chi connectivity index (χ3v) is 5.52. The number of benzene rings is 1. The van der Waals surface area contributed by atoms with Crippen molar-refractivity contribution < 1.29 is 17.9 Å². The number of aliphatic imine (C=N–C) groups is 1. The Kier molecular flexibility index (Phi) is 6.43. The molecule has 0 saturated heterocycles. The lowest BCUT2D eigenvalue weighted by Gasteiger charge is -2.30. The van der Waals surface area contributed by atoms with Crippen LogP contribution in [-0.4, -0.2) is 46.4 Å². The van der Waals surface area contributed by atoms with Crippen molar-refractivity contribution in [1.82, 2.24) is 4.72 Å². The van der Waals surface area contributed by atoms with Gasteiger partial charge in [-0.1, -0.05) is 12.8 Å². The van der Waals surface area contributed by atoms with Gasteiger partial charge in [-0.3, -0.25) is 4.99 Å². The number of nitrogens with two attached hydrogens (primary N) is 1. The quantitative estimate of drug-likeness (QED) is 0.515. The maximum Gasteiger partial charge on any atom is 0.208 e. The van der Waals surface area contributed by atoms with Crippen LogP contribution in [0.1, 0.15) is 32.1 Å². The third kappa shape index (κ3) is 6.00. The van der Waals surface area contributed by atoms with Crippen molar-refractivity contribution in [3.8, 4) is 11.5 Å². The van der Waals surface area contributed by atoms with Crippen LogP contribution < -0.4 is 25.2 Å². The number of hydrogen-bond donors (Lipinski definition) is 3. The predicted molar refractivity (Wildman–Crippen MR) is 106 cm³/mol. The van der Waals surface area contributed by atoms with E-state index in [1.165, 1.54) is 6.26 Å². The molecule has 1 aliphatic heterocycles. The normalized spacial score (nSPS) is 23.5. The zero-order valence-corrected chi connectivity index (χ0v) is 16.4. The second-order valence-corrected chi connectivity index (χ2v) is 8.88. The van der Waals surface area contributed by atoms with Crippen LogP contribution in [-0.2, 0) is 10.0 Å². The van der Waals surface area contributed by atoms with Gasteiger partial charge in [-0.2, -0.15) is 0 Å². The molecule has 2 aliphatic rings. The third-order valence-electron chi connectivity index (χ3n) is 4.79. The van der Waals surface area contributed by atoms with Gasteiger partial charge in [-0.25, -0.2) is 13.1 Å². The first-order valence-electron chi connectivity index (χ1n) is 9.34. The van der Waals surface area contributed by atoms with E-state index >= 15 is 0 Å². The van der Waals surface area contributed by atoms with Crippen molar-refractivity contribution in [2.45, 2.75) is 38.1 Å². The first kappa shape index (κ1) is 19.8. The molecule has 1 saturated carbocycles. The molecule has 1 aromatic rings. The molecule has 8 nitrogen and oxygen atoms in total. The summed E-state index contributed by atoms with van der Waals surface area (Å²) in [5, 5.41) is 3.07. The summed E-state index contributed by atoms with van der Waals surface area (Å²) < 4.78 is 37.1. The predicted octanol–water partition coefficient (Wildman–Crippen LogP) is 1.68. The molecule has 1 aliphatic carbocycles. The minimum atomic E-state index is -3.23. The van der Waals surface area contributed by atoms with E-state index in [4.69, 9.17) is 15.2 Å². The van der Waals surface area contributed by atoms with E-state index in [0.29, 0.717) is 31.5 Å². The van der Waals surface area contributed by atoms with Crippen molar-refractivity contribution in [3.05, 3.63) is 18.2 Å². The van der Waals surface area contributed by atoms with E-state index in [1.807, 2.05) is 18.2 Å². The summed E-state index contributed by atoms with van der Waals surface area (Å²) in [7, 11) is -3.23. The zero-order chi connectivity index (χ0) is 19.3. The average molecular weight is 397 g/mol. The number of guanidine groups is 1. The van der Waals surface area contributed by atoms with Gasteiger partial charge in [0.1, 0.15) is 0 Å². The van der Waals surface area contributed by atoms with Gasteiger partial charge in [-0.05, 0) is 30.9 Å². The van der Waals surface area contributed by atoms with Gasteiger partial charge >= 0.3 is 0 Å². The summed E-state index contributed by atoms with van der Waals surface area (Å²) in [6.45, 7) is 1.75. The molecule has 1 heterocycles. The molecule has 0 radical (unpaired) electrons. The van der Waals surface area contributed by atoms with Crippen LogP contribution in [0.15, 0.2) is 23.2 Å². The van der Waals surface area contributed by atoms with E-state index in [0.717, 1.165) is 43.5 Å². The van der Waals surface area contributed by atoms with Crippen molar-refractivity contribution in [2.24, 2.45) is 16.6 Å². The van der Waals surface area contributed by atoms with Crippen molar-refractivity contribution in [2.75, 3.05) is 31.3 Å². The first-order chi connectivity index (χ1) is 12.9. The summed E-state index contributed by atoms with van der Waals surface area (Å²) in [4.78, 5) is 4.43. The van der Waals surface area contributed by atoms with E-state index in [9.17, 15) is 8.42 Å². The maximum absolute atomic E-state index is 11.6. The molecular formula is C18H28N4O4S. The molecule has 0 amide bonds. The Morgan fingerprint density at radius 2 is 1.93 bits per heavy atom. The van der Waals surface area contributed by atoms with Gasteiger partial charge in [-0.15, -0.1) is 0 Å². The van der Waals surface area contributed by atoms with E-state index < -0.39 is 10.0 Å². The number of ether oxygens (including phenoxy) is 2. The average Bonchev–Trinajstić information content (AvgIpc) is 2.84. The largest absolute Gasteiger partial charge is 0.490 e. The van der Waals surface area contributed by atoms with Crippen molar-refractivity contribution in [3.63, 3.8) is 0 Å². The topological polar surface area (TPSA) is 115 Å². The molecule has 3 rings (SSSR count). The summed E-state index contributed by atoms with van der Waals surface area (Å²) in [6, 6.07) is 5.48. The number of nitrogens with zero attached hydrogens (tertiary/aromatic N) is 1. The second kappa shape index (κ2) is 8.79. The highest BCUT2D eigenvalue weighted by atomic mass is 32.2. The van der Waals surface area contributed by atoms with Gasteiger partial charge in [0, 0.05) is 30.8 Å². The number of sulfonamides is 1. The summed E-state index contributed by atoms with van der Waals surface area (Å²) in [6.07, 6.45) is 5.93. The second-order valence-electron chi connectivity index (χ2n) is 7.10. The van der Waals surface area contributed by atoms with Crippen LogP contribution in [0.4, 0.5) is 5.69 Å². The molecule has 27 heavy (non-hydrogen) atoms. The summed E-state index contributed by atoms with van der Waals surface area (Å²) in [5.41, 5.74) is 6.80. The van der Waals surface area contributed by atoms with E-state index in [1.54, 1.807) is 0 Å². The Balaban J connectivity index is 1.61. The van der Waals surface area contributed by atoms with Gasteiger partial charge < -0.3 is 20.5 Å². The van der Waals surface area contributed by atoms with Crippen LogP contribution in [0.3, 0.4) is 0 Å². The maximum atomic E-state index is 11.6.